The van der Waals surface area contributed by atoms with Crippen LogP contribution in [0.5, 0.6) is 5.75 Å². The summed E-state index contributed by atoms with van der Waals surface area (Å²) in [5, 5.41) is 19.4. The lowest BCUT2D eigenvalue weighted by Crippen LogP contribution is -2.51. The number of piperidine rings is 1. The highest BCUT2D eigenvalue weighted by Crippen LogP contribution is 2.40. The quantitative estimate of drug-likeness (QED) is 0.877. The van der Waals surface area contributed by atoms with E-state index in [9.17, 15) is 5.11 Å². The third kappa shape index (κ3) is 2.81. The summed E-state index contributed by atoms with van der Waals surface area (Å²) in [5.41, 5.74) is 1.37. The van der Waals surface area contributed by atoms with Crippen LogP contribution in [0.1, 0.15) is 12.8 Å². The summed E-state index contributed by atoms with van der Waals surface area (Å²) in [6, 6.07) is 6.78. The maximum atomic E-state index is 10.1. The fraction of sp³-hybridized carbons (Fsp3) is 0.412. The maximum Gasteiger partial charge on any atom is 0.151 e. The number of halogens is 2. The van der Waals surface area contributed by atoms with E-state index >= 15 is 0 Å². The van der Waals surface area contributed by atoms with Gasteiger partial charge in [-0.25, -0.2) is 0 Å². The van der Waals surface area contributed by atoms with Crippen molar-refractivity contribution in [2.45, 2.75) is 12.8 Å². The first kappa shape index (κ1) is 15.9. The normalized spacial score (nSPS) is 19.3. The number of phenolic OH excluding ortho intramolecular Hbond substituents is 1. The van der Waals surface area contributed by atoms with Gasteiger partial charge in [0.2, 0.25) is 0 Å². The molecule has 24 heavy (non-hydrogen) atoms. The van der Waals surface area contributed by atoms with Crippen molar-refractivity contribution < 1.29 is 9.84 Å². The Morgan fingerprint density at radius 3 is 2.38 bits per heavy atom. The van der Waals surface area contributed by atoms with Gasteiger partial charge in [0.15, 0.2) is 5.82 Å². The van der Waals surface area contributed by atoms with E-state index in [2.05, 4.69) is 15.1 Å². The van der Waals surface area contributed by atoms with Gasteiger partial charge in [-0.2, -0.15) is 0 Å². The van der Waals surface area contributed by atoms with E-state index in [-0.39, 0.29) is 5.75 Å². The van der Waals surface area contributed by atoms with Gasteiger partial charge in [0, 0.05) is 23.5 Å². The summed E-state index contributed by atoms with van der Waals surface area (Å²) in [7, 11) is 0. The molecule has 0 bridgehead atoms. The molecule has 7 heteroatoms. The molecule has 1 aromatic heterocycles. The lowest BCUT2D eigenvalue weighted by atomic mass is 9.77. The zero-order valence-electron chi connectivity index (χ0n) is 13.0. The third-order valence-electron chi connectivity index (χ3n) is 4.91. The Kier molecular flexibility index (Phi) is 4.03. The highest BCUT2D eigenvalue weighted by Gasteiger charge is 2.41. The van der Waals surface area contributed by atoms with E-state index in [1.54, 1.807) is 6.07 Å². The summed E-state index contributed by atoms with van der Waals surface area (Å²) >= 11 is 12.1. The zero-order chi connectivity index (χ0) is 16.7. The van der Waals surface area contributed by atoms with Gasteiger partial charge in [0.05, 0.1) is 29.5 Å². The van der Waals surface area contributed by atoms with Crippen LogP contribution >= 0.6 is 23.2 Å². The first-order valence-corrected chi connectivity index (χ1v) is 8.67. The van der Waals surface area contributed by atoms with Gasteiger partial charge in [0.1, 0.15) is 5.75 Å². The minimum Gasteiger partial charge on any atom is -0.507 e. The molecular formula is C17H17Cl2N3O2. The average Bonchev–Trinajstić information content (AvgIpc) is 2.53. The van der Waals surface area contributed by atoms with Crippen molar-refractivity contribution in [1.82, 2.24) is 10.2 Å². The molecule has 2 saturated heterocycles. The number of hydrogen-bond acceptors (Lipinski definition) is 5. The van der Waals surface area contributed by atoms with E-state index in [0.29, 0.717) is 26.7 Å². The number of benzene rings is 1. The predicted octanol–water partition coefficient (Wildman–Crippen LogP) is 3.77. The van der Waals surface area contributed by atoms with Gasteiger partial charge in [0.25, 0.3) is 0 Å². The summed E-state index contributed by atoms with van der Waals surface area (Å²) in [6.45, 7) is 3.70. The fourth-order valence-electron chi connectivity index (χ4n) is 3.33. The second-order valence-electron chi connectivity index (χ2n) is 6.54. The summed E-state index contributed by atoms with van der Waals surface area (Å²) in [4.78, 5) is 2.24. The number of phenols is 1. The zero-order valence-corrected chi connectivity index (χ0v) is 14.5. The summed E-state index contributed by atoms with van der Waals surface area (Å²) < 4.78 is 5.36. The highest BCUT2D eigenvalue weighted by atomic mass is 35.5. The fourth-order valence-corrected chi connectivity index (χ4v) is 3.91. The second kappa shape index (κ2) is 6.06. The molecule has 2 fully saturated rings. The van der Waals surface area contributed by atoms with Gasteiger partial charge in [-0.1, -0.05) is 23.2 Å². The SMILES string of the molecule is Oc1cc(Cl)cc(Cl)c1-c1ccc(N2CCC3(CC2)COC3)nn1. The molecule has 1 aromatic carbocycles. The van der Waals surface area contributed by atoms with Crippen molar-refractivity contribution in [3.05, 3.63) is 34.3 Å². The Morgan fingerprint density at radius 2 is 1.83 bits per heavy atom. The molecule has 3 heterocycles. The van der Waals surface area contributed by atoms with Crippen LogP contribution in [0.2, 0.25) is 10.0 Å². The van der Waals surface area contributed by atoms with Gasteiger partial charge in [-0.15, -0.1) is 10.2 Å². The monoisotopic (exact) mass is 365 g/mol. The topological polar surface area (TPSA) is 58.5 Å². The number of aromatic nitrogens is 2. The second-order valence-corrected chi connectivity index (χ2v) is 7.38. The Hall–Kier alpha value is -1.56. The van der Waals surface area contributed by atoms with Crippen LogP contribution in [0.4, 0.5) is 5.82 Å². The number of nitrogens with zero attached hydrogens (tertiary/aromatic N) is 3. The van der Waals surface area contributed by atoms with Crippen LogP contribution in [0, 0.1) is 5.41 Å². The van der Waals surface area contributed by atoms with E-state index in [0.717, 1.165) is 45.0 Å². The van der Waals surface area contributed by atoms with E-state index in [4.69, 9.17) is 27.9 Å². The predicted molar refractivity (Wildman–Crippen MR) is 93.9 cm³/mol. The van der Waals surface area contributed by atoms with Crippen molar-refractivity contribution in [2.75, 3.05) is 31.2 Å². The van der Waals surface area contributed by atoms with Crippen LogP contribution in [0.25, 0.3) is 11.3 Å². The smallest absolute Gasteiger partial charge is 0.151 e. The lowest BCUT2D eigenvalue weighted by Gasteiger charge is -2.47. The minimum atomic E-state index is -0.000511. The third-order valence-corrected chi connectivity index (χ3v) is 5.42. The van der Waals surface area contributed by atoms with Crippen molar-refractivity contribution >= 4 is 29.0 Å². The average molecular weight is 366 g/mol. The maximum absolute atomic E-state index is 10.1. The summed E-state index contributed by atoms with van der Waals surface area (Å²) in [5.74, 6) is 0.845. The van der Waals surface area contributed by atoms with Crippen LogP contribution in [0.15, 0.2) is 24.3 Å². The van der Waals surface area contributed by atoms with Crippen molar-refractivity contribution in [3.8, 4) is 17.0 Å². The molecule has 0 aliphatic carbocycles. The lowest BCUT2D eigenvalue weighted by molar-refractivity contribution is -0.124. The number of aromatic hydroxyl groups is 1. The van der Waals surface area contributed by atoms with Crippen molar-refractivity contribution in [3.63, 3.8) is 0 Å². The number of rotatable bonds is 2. The molecule has 0 atom stereocenters. The van der Waals surface area contributed by atoms with Gasteiger partial charge < -0.3 is 14.7 Å². The Bertz CT molecular complexity index is 730. The van der Waals surface area contributed by atoms with Crippen LogP contribution in [-0.2, 0) is 4.74 Å². The first-order chi connectivity index (χ1) is 11.6. The minimum absolute atomic E-state index is 0.000511. The van der Waals surface area contributed by atoms with Crippen LogP contribution < -0.4 is 4.90 Å². The molecule has 0 amide bonds. The largest absolute Gasteiger partial charge is 0.507 e. The molecule has 2 aromatic rings. The molecule has 2 aliphatic heterocycles. The molecule has 0 unspecified atom stereocenters. The van der Waals surface area contributed by atoms with Gasteiger partial charge in [-0.3, -0.25) is 0 Å². The molecular weight excluding hydrogens is 349 g/mol. The number of ether oxygens (including phenoxy) is 1. The molecule has 5 nitrogen and oxygen atoms in total. The van der Waals surface area contributed by atoms with E-state index in [1.807, 2.05) is 12.1 Å². The molecule has 0 radical (unpaired) electrons. The highest BCUT2D eigenvalue weighted by molar-refractivity contribution is 6.36. The summed E-state index contributed by atoms with van der Waals surface area (Å²) in [6.07, 6.45) is 2.25. The first-order valence-electron chi connectivity index (χ1n) is 7.91. The Morgan fingerprint density at radius 1 is 1.08 bits per heavy atom. The molecule has 1 spiro atoms. The molecule has 126 valence electrons. The van der Waals surface area contributed by atoms with Gasteiger partial charge in [-0.05, 0) is 37.1 Å². The standard InChI is InChI=1S/C17H17Cl2N3O2/c18-11-7-12(19)16(14(23)8-11)13-1-2-15(21-20-13)22-5-3-17(4-6-22)9-24-10-17/h1-2,7-8,23H,3-6,9-10H2. The Balaban J connectivity index is 1.53. The van der Waals surface area contributed by atoms with E-state index in [1.165, 1.54) is 6.07 Å². The molecule has 1 N–H and O–H groups in total. The molecule has 0 saturated carbocycles. The Labute approximate surface area is 150 Å². The molecule has 2 aliphatic rings. The molecule has 4 rings (SSSR count). The number of anilines is 1. The van der Waals surface area contributed by atoms with Crippen LogP contribution in [0.3, 0.4) is 0 Å². The van der Waals surface area contributed by atoms with Crippen molar-refractivity contribution in [1.29, 1.82) is 0 Å². The number of hydrogen-bond donors (Lipinski definition) is 1. The van der Waals surface area contributed by atoms with Crippen LogP contribution in [-0.4, -0.2) is 41.6 Å². The van der Waals surface area contributed by atoms with Gasteiger partial charge >= 0.3 is 0 Å². The van der Waals surface area contributed by atoms with E-state index < -0.39 is 0 Å². The van der Waals surface area contributed by atoms with Crippen molar-refractivity contribution in [2.24, 2.45) is 5.41 Å².